The van der Waals surface area contributed by atoms with Gasteiger partial charge in [0.2, 0.25) is 0 Å². The molecule has 2 fully saturated rings. The third kappa shape index (κ3) is 3.94. The Balaban J connectivity index is 1.64. The monoisotopic (exact) mass is 242 g/mol. The molecule has 2 aliphatic rings. The van der Waals surface area contributed by atoms with Crippen molar-refractivity contribution in [1.29, 1.82) is 0 Å². The maximum absolute atomic E-state index is 3.87. The van der Waals surface area contributed by atoms with Crippen molar-refractivity contribution in [2.75, 3.05) is 31.1 Å². The smallest absolute Gasteiger partial charge is 0.0161 e. The highest BCUT2D eigenvalue weighted by molar-refractivity contribution is 7.99. The van der Waals surface area contributed by atoms with Gasteiger partial charge in [0.25, 0.3) is 0 Å². The van der Waals surface area contributed by atoms with Gasteiger partial charge in [-0.1, -0.05) is 6.92 Å². The summed E-state index contributed by atoms with van der Waals surface area (Å²) in [6, 6.07) is 1.61. The van der Waals surface area contributed by atoms with E-state index in [1.54, 1.807) is 0 Å². The summed E-state index contributed by atoms with van der Waals surface area (Å²) in [5.74, 6) is 2.72. The Kier molecular flexibility index (Phi) is 5.46. The molecule has 2 rings (SSSR count). The van der Waals surface area contributed by atoms with E-state index in [0.29, 0.717) is 0 Å². The van der Waals surface area contributed by atoms with Crippen molar-refractivity contribution < 1.29 is 0 Å². The lowest BCUT2D eigenvalue weighted by molar-refractivity contribution is 0.191. The van der Waals surface area contributed by atoms with Crippen LogP contribution in [0.4, 0.5) is 0 Å². The first-order valence-corrected chi connectivity index (χ1v) is 8.10. The number of hydrogen-bond donors (Lipinski definition) is 1. The molecule has 0 spiro atoms. The topological polar surface area (TPSA) is 15.3 Å². The first-order valence-electron chi connectivity index (χ1n) is 6.94. The summed E-state index contributed by atoms with van der Waals surface area (Å²) in [5.41, 5.74) is 0. The van der Waals surface area contributed by atoms with Gasteiger partial charge in [-0.05, 0) is 57.5 Å². The van der Waals surface area contributed by atoms with Crippen LogP contribution in [-0.2, 0) is 0 Å². The second kappa shape index (κ2) is 6.87. The van der Waals surface area contributed by atoms with Gasteiger partial charge in [0, 0.05) is 17.8 Å². The van der Waals surface area contributed by atoms with Gasteiger partial charge in [-0.2, -0.15) is 11.8 Å². The molecule has 0 aromatic rings. The molecule has 0 aromatic heterocycles. The molecule has 0 amide bonds. The Morgan fingerprint density at radius 2 is 2.00 bits per heavy atom. The van der Waals surface area contributed by atoms with Gasteiger partial charge < -0.3 is 10.2 Å². The van der Waals surface area contributed by atoms with E-state index in [1.807, 2.05) is 0 Å². The fourth-order valence-corrected chi connectivity index (χ4v) is 3.93. The van der Waals surface area contributed by atoms with Crippen LogP contribution in [0.25, 0.3) is 0 Å². The zero-order chi connectivity index (χ0) is 11.2. The minimum absolute atomic E-state index is 0.803. The van der Waals surface area contributed by atoms with Crippen molar-refractivity contribution >= 4 is 11.8 Å². The molecule has 2 aliphatic heterocycles. The first kappa shape index (κ1) is 12.7. The van der Waals surface area contributed by atoms with Crippen molar-refractivity contribution in [3.8, 4) is 0 Å². The summed E-state index contributed by atoms with van der Waals surface area (Å²) < 4.78 is 0. The number of rotatable bonds is 4. The van der Waals surface area contributed by atoms with Crippen LogP contribution in [-0.4, -0.2) is 48.1 Å². The van der Waals surface area contributed by atoms with Crippen molar-refractivity contribution in [3.63, 3.8) is 0 Å². The summed E-state index contributed by atoms with van der Waals surface area (Å²) in [6.45, 7) is 6.20. The number of nitrogens with zero attached hydrogens (tertiary/aromatic N) is 1. The Hall–Kier alpha value is 0.270. The van der Waals surface area contributed by atoms with Crippen LogP contribution in [0, 0.1) is 0 Å². The van der Waals surface area contributed by atoms with Gasteiger partial charge in [0.05, 0.1) is 0 Å². The van der Waals surface area contributed by atoms with Gasteiger partial charge in [0.15, 0.2) is 0 Å². The van der Waals surface area contributed by atoms with Gasteiger partial charge in [-0.25, -0.2) is 0 Å². The third-order valence-electron chi connectivity index (χ3n) is 3.76. The zero-order valence-corrected chi connectivity index (χ0v) is 11.4. The molecule has 3 heteroatoms. The molecular formula is C13H26N2S. The second-order valence-electron chi connectivity index (χ2n) is 5.20. The first-order chi connectivity index (χ1) is 7.88. The van der Waals surface area contributed by atoms with Crippen LogP contribution < -0.4 is 5.32 Å². The van der Waals surface area contributed by atoms with Crippen LogP contribution in [0.15, 0.2) is 0 Å². The van der Waals surface area contributed by atoms with Crippen molar-refractivity contribution in [3.05, 3.63) is 0 Å². The molecule has 1 N–H and O–H groups in total. The molecule has 0 radical (unpaired) electrons. The van der Waals surface area contributed by atoms with E-state index >= 15 is 0 Å². The minimum Gasteiger partial charge on any atom is -0.310 e. The SMILES string of the molecule is CCCN1CCC(NC2CCCSC2)CC1. The molecule has 1 unspecified atom stereocenters. The number of likely N-dealkylation sites (tertiary alicyclic amines) is 1. The standard InChI is InChI=1S/C13H26N2S/c1-2-7-15-8-5-12(6-9-15)14-13-4-3-10-16-11-13/h12-14H,2-11H2,1H3. The fraction of sp³-hybridized carbons (Fsp3) is 1.00. The number of hydrogen-bond acceptors (Lipinski definition) is 3. The molecule has 1 atom stereocenters. The quantitative estimate of drug-likeness (QED) is 0.815. The van der Waals surface area contributed by atoms with E-state index in [-0.39, 0.29) is 0 Å². The number of piperidine rings is 1. The van der Waals surface area contributed by atoms with E-state index in [9.17, 15) is 0 Å². The lowest BCUT2D eigenvalue weighted by atomic mass is 10.0. The molecule has 0 aliphatic carbocycles. The van der Waals surface area contributed by atoms with Crippen molar-refractivity contribution in [2.24, 2.45) is 0 Å². The van der Waals surface area contributed by atoms with Crippen LogP contribution in [0.3, 0.4) is 0 Å². The van der Waals surface area contributed by atoms with Crippen molar-refractivity contribution in [1.82, 2.24) is 10.2 Å². The summed E-state index contributed by atoms with van der Waals surface area (Å²) in [7, 11) is 0. The minimum atomic E-state index is 0.803. The third-order valence-corrected chi connectivity index (χ3v) is 4.97. The molecular weight excluding hydrogens is 216 g/mol. The van der Waals surface area contributed by atoms with E-state index < -0.39 is 0 Å². The lowest BCUT2D eigenvalue weighted by Gasteiger charge is -2.35. The Morgan fingerprint density at radius 3 is 2.62 bits per heavy atom. The number of thioether (sulfide) groups is 1. The fourth-order valence-electron chi connectivity index (χ4n) is 2.84. The average Bonchev–Trinajstić information content (AvgIpc) is 2.33. The van der Waals surface area contributed by atoms with E-state index in [4.69, 9.17) is 0 Å². The maximum Gasteiger partial charge on any atom is 0.0161 e. The van der Waals surface area contributed by atoms with Crippen LogP contribution in [0.5, 0.6) is 0 Å². The summed E-state index contributed by atoms with van der Waals surface area (Å²) >= 11 is 2.13. The number of nitrogens with one attached hydrogen (secondary N) is 1. The summed E-state index contributed by atoms with van der Waals surface area (Å²) in [6.07, 6.45) is 6.85. The van der Waals surface area contributed by atoms with Gasteiger partial charge in [0.1, 0.15) is 0 Å². The molecule has 94 valence electrons. The highest BCUT2D eigenvalue weighted by atomic mass is 32.2. The normalized spacial score (nSPS) is 29.4. The van der Waals surface area contributed by atoms with Crippen molar-refractivity contribution in [2.45, 2.75) is 51.1 Å². The van der Waals surface area contributed by atoms with Gasteiger partial charge in [-0.15, -0.1) is 0 Å². The Bertz CT molecular complexity index is 184. The largest absolute Gasteiger partial charge is 0.310 e. The second-order valence-corrected chi connectivity index (χ2v) is 6.35. The maximum atomic E-state index is 3.87. The van der Waals surface area contributed by atoms with Crippen LogP contribution >= 0.6 is 11.8 Å². The van der Waals surface area contributed by atoms with Crippen LogP contribution in [0.1, 0.15) is 39.0 Å². The van der Waals surface area contributed by atoms with E-state index in [0.717, 1.165) is 12.1 Å². The average molecular weight is 242 g/mol. The van der Waals surface area contributed by atoms with E-state index in [1.165, 1.54) is 63.2 Å². The Labute approximate surface area is 105 Å². The molecule has 2 saturated heterocycles. The predicted octanol–water partition coefficient (Wildman–Crippen LogP) is 2.35. The van der Waals surface area contributed by atoms with Crippen LogP contribution in [0.2, 0.25) is 0 Å². The molecule has 2 nitrogen and oxygen atoms in total. The molecule has 16 heavy (non-hydrogen) atoms. The van der Waals surface area contributed by atoms with E-state index in [2.05, 4.69) is 28.9 Å². The molecule has 0 saturated carbocycles. The highest BCUT2D eigenvalue weighted by Gasteiger charge is 2.22. The molecule has 2 heterocycles. The lowest BCUT2D eigenvalue weighted by Crippen LogP contribution is -2.47. The van der Waals surface area contributed by atoms with Gasteiger partial charge >= 0.3 is 0 Å². The highest BCUT2D eigenvalue weighted by Crippen LogP contribution is 2.19. The Morgan fingerprint density at radius 1 is 1.19 bits per heavy atom. The van der Waals surface area contributed by atoms with Gasteiger partial charge in [-0.3, -0.25) is 0 Å². The predicted molar refractivity (Wildman–Crippen MR) is 73.2 cm³/mol. The molecule has 0 bridgehead atoms. The summed E-state index contributed by atoms with van der Waals surface area (Å²) in [5, 5.41) is 3.87. The summed E-state index contributed by atoms with van der Waals surface area (Å²) in [4.78, 5) is 2.62. The zero-order valence-electron chi connectivity index (χ0n) is 10.6. The molecule has 0 aromatic carbocycles.